The van der Waals surface area contributed by atoms with Gasteiger partial charge in [0.25, 0.3) is 0 Å². The highest BCUT2D eigenvalue weighted by molar-refractivity contribution is 7.89. The molecular formula is C20H24ClNO4S. The third-order valence-electron chi connectivity index (χ3n) is 4.00. The molecule has 0 bridgehead atoms. The van der Waals surface area contributed by atoms with Gasteiger partial charge in [-0.25, -0.2) is 13.1 Å². The van der Waals surface area contributed by atoms with Gasteiger partial charge in [-0.2, -0.15) is 0 Å². The molecule has 0 heterocycles. The zero-order valence-corrected chi connectivity index (χ0v) is 16.9. The molecule has 0 spiro atoms. The fraction of sp³-hybridized carbons (Fsp3) is 0.350. The topological polar surface area (TPSA) is 72.5 Å². The van der Waals surface area contributed by atoms with Gasteiger partial charge in [-0.05, 0) is 61.6 Å². The van der Waals surface area contributed by atoms with Gasteiger partial charge in [0.2, 0.25) is 10.0 Å². The summed E-state index contributed by atoms with van der Waals surface area (Å²) >= 11 is 5.78. The molecule has 0 fully saturated rings. The molecule has 146 valence electrons. The van der Waals surface area contributed by atoms with Crippen molar-refractivity contribution in [1.82, 2.24) is 4.72 Å². The van der Waals surface area contributed by atoms with E-state index in [1.54, 1.807) is 19.1 Å². The van der Waals surface area contributed by atoms with Crippen LogP contribution in [0.5, 0.6) is 0 Å². The second-order valence-electron chi connectivity index (χ2n) is 6.08. The number of hydrogen-bond acceptors (Lipinski definition) is 4. The molecule has 0 saturated heterocycles. The molecule has 0 atom stereocenters. The van der Waals surface area contributed by atoms with E-state index in [4.69, 9.17) is 16.3 Å². The minimum atomic E-state index is -3.53. The van der Waals surface area contributed by atoms with Crippen molar-refractivity contribution in [2.45, 2.75) is 37.5 Å². The first-order valence-corrected chi connectivity index (χ1v) is 10.8. The highest BCUT2D eigenvalue weighted by atomic mass is 35.5. The quantitative estimate of drug-likeness (QED) is 0.606. The van der Waals surface area contributed by atoms with E-state index in [2.05, 4.69) is 4.72 Å². The summed E-state index contributed by atoms with van der Waals surface area (Å²) < 4.78 is 31.9. The number of ether oxygens (including phenoxy) is 1. The number of benzene rings is 2. The summed E-state index contributed by atoms with van der Waals surface area (Å²) in [6, 6.07) is 14.0. The van der Waals surface area contributed by atoms with E-state index in [1.165, 1.54) is 12.1 Å². The van der Waals surface area contributed by atoms with Crippen molar-refractivity contribution in [3.63, 3.8) is 0 Å². The summed E-state index contributed by atoms with van der Waals surface area (Å²) in [6.07, 6.45) is 2.57. The Morgan fingerprint density at radius 2 is 1.59 bits per heavy atom. The fourth-order valence-corrected chi connectivity index (χ4v) is 3.73. The summed E-state index contributed by atoms with van der Waals surface area (Å²) in [5, 5.41) is 0.497. The van der Waals surface area contributed by atoms with Crippen molar-refractivity contribution in [3.05, 3.63) is 64.7 Å². The SMILES string of the molecule is CCOC(=O)CCCc1ccc(CCNS(=O)(=O)c2ccc(Cl)cc2)cc1. The van der Waals surface area contributed by atoms with Gasteiger partial charge in [-0.1, -0.05) is 35.9 Å². The van der Waals surface area contributed by atoms with Crippen LogP contribution in [0, 0.1) is 0 Å². The predicted octanol–water partition coefficient (Wildman–Crippen LogP) is 3.75. The van der Waals surface area contributed by atoms with Crippen LogP contribution >= 0.6 is 11.6 Å². The van der Waals surface area contributed by atoms with Crippen LogP contribution in [-0.2, 0) is 32.4 Å². The lowest BCUT2D eigenvalue weighted by molar-refractivity contribution is -0.143. The van der Waals surface area contributed by atoms with Crippen LogP contribution in [0.1, 0.15) is 30.9 Å². The maximum absolute atomic E-state index is 12.2. The van der Waals surface area contributed by atoms with Gasteiger partial charge in [0.05, 0.1) is 11.5 Å². The number of rotatable bonds is 10. The Hall–Kier alpha value is -1.89. The lowest BCUT2D eigenvalue weighted by atomic mass is 10.0. The lowest BCUT2D eigenvalue weighted by Gasteiger charge is -2.08. The Kier molecular flexibility index (Phi) is 8.28. The average molecular weight is 410 g/mol. The molecule has 0 aliphatic heterocycles. The number of halogens is 1. The number of carbonyl (C=O) groups excluding carboxylic acids is 1. The van der Waals surface area contributed by atoms with Crippen LogP contribution in [0.15, 0.2) is 53.4 Å². The number of esters is 1. The predicted molar refractivity (Wildman–Crippen MR) is 106 cm³/mol. The molecule has 0 aliphatic carbocycles. The Morgan fingerprint density at radius 3 is 2.19 bits per heavy atom. The van der Waals surface area contributed by atoms with Gasteiger partial charge < -0.3 is 4.74 Å². The second kappa shape index (κ2) is 10.4. The van der Waals surface area contributed by atoms with E-state index in [0.717, 1.165) is 24.0 Å². The standard InChI is InChI=1S/C20H24ClNO4S/c1-2-26-20(23)5-3-4-16-6-8-17(9-7-16)14-15-22-27(24,25)19-12-10-18(21)11-13-19/h6-13,22H,2-5,14-15H2,1H3. The largest absolute Gasteiger partial charge is 0.466 e. The highest BCUT2D eigenvalue weighted by Gasteiger charge is 2.12. The van der Waals surface area contributed by atoms with Gasteiger partial charge >= 0.3 is 5.97 Å². The number of nitrogens with one attached hydrogen (secondary N) is 1. The molecule has 5 nitrogen and oxygen atoms in total. The second-order valence-corrected chi connectivity index (χ2v) is 8.28. The highest BCUT2D eigenvalue weighted by Crippen LogP contribution is 2.14. The molecule has 1 N–H and O–H groups in total. The summed E-state index contributed by atoms with van der Waals surface area (Å²) in [6.45, 7) is 2.52. The van der Waals surface area contributed by atoms with E-state index in [9.17, 15) is 13.2 Å². The summed E-state index contributed by atoms with van der Waals surface area (Å²) in [7, 11) is -3.53. The van der Waals surface area contributed by atoms with Gasteiger partial charge in [0.15, 0.2) is 0 Å². The van der Waals surface area contributed by atoms with Crippen LogP contribution in [-0.4, -0.2) is 27.5 Å². The molecule has 27 heavy (non-hydrogen) atoms. The monoisotopic (exact) mass is 409 g/mol. The van der Waals surface area contributed by atoms with Gasteiger partial charge in [-0.3, -0.25) is 4.79 Å². The molecule has 2 aromatic carbocycles. The van der Waals surface area contributed by atoms with Crippen LogP contribution in [0.3, 0.4) is 0 Å². The Morgan fingerprint density at radius 1 is 1.00 bits per heavy atom. The molecule has 2 aromatic rings. The molecule has 0 radical (unpaired) electrons. The number of sulfonamides is 1. The lowest BCUT2D eigenvalue weighted by Crippen LogP contribution is -2.25. The number of hydrogen-bond donors (Lipinski definition) is 1. The summed E-state index contributed by atoms with van der Waals surface area (Å²) in [5.74, 6) is -0.165. The van der Waals surface area contributed by atoms with Gasteiger partial charge in [-0.15, -0.1) is 0 Å². The minimum Gasteiger partial charge on any atom is -0.466 e. The zero-order chi connectivity index (χ0) is 19.7. The third-order valence-corrected chi connectivity index (χ3v) is 5.73. The van der Waals surface area contributed by atoms with Crippen LogP contribution in [0.25, 0.3) is 0 Å². The van der Waals surface area contributed by atoms with E-state index in [0.29, 0.717) is 31.0 Å². The van der Waals surface area contributed by atoms with Gasteiger partial charge in [0, 0.05) is 18.0 Å². The number of aryl methyl sites for hydroxylation is 1. The molecule has 0 saturated carbocycles. The normalized spacial score (nSPS) is 11.3. The van der Waals surface area contributed by atoms with E-state index >= 15 is 0 Å². The fourth-order valence-electron chi connectivity index (χ4n) is 2.57. The van der Waals surface area contributed by atoms with Gasteiger partial charge in [0.1, 0.15) is 0 Å². The van der Waals surface area contributed by atoms with Crippen molar-refractivity contribution in [3.8, 4) is 0 Å². The van der Waals surface area contributed by atoms with Crippen molar-refractivity contribution in [2.24, 2.45) is 0 Å². The zero-order valence-electron chi connectivity index (χ0n) is 15.3. The smallest absolute Gasteiger partial charge is 0.305 e. The Labute approximate surface area is 165 Å². The average Bonchev–Trinajstić information content (AvgIpc) is 2.63. The molecule has 0 unspecified atom stereocenters. The van der Waals surface area contributed by atoms with Crippen molar-refractivity contribution in [2.75, 3.05) is 13.2 Å². The Balaban J connectivity index is 1.78. The maximum atomic E-state index is 12.2. The van der Waals surface area contributed by atoms with Crippen LogP contribution < -0.4 is 4.72 Å². The molecule has 0 aromatic heterocycles. The molecular weight excluding hydrogens is 386 g/mol. The molecule has 7 heteroatoms. The first-order chi connectivity index (χ1) is 12.9. The third kappa shape index (κ3) is 7.33. The van der Waals surface area contributed by atoms with E-state index in [1.807, 2.05) is 24.3 Å². The first-order valence-electron chi connectivity index (χ1n) is 8.89. The summed E-state index contributed by atoms with van der Waals surface area (Å²) in [5.41, 5.74) is 2.19. The van der Waals surface area contributed by atoms with E-state index < -0.39 is 10.0 Å². The molecule has 0 aliphatic rings. The summed E-state index contributed by atoms with van der Waals surface area (Å²) in [4.78, 5) is 11.5. The van der Waals surface area contributed by atoms with Crippen molar-refractivity contribution in [1.29, 1.82) is 0 Å². The van der Waals surface area contributed by atoms with Crippen molar-refractivity contribution >= 4 is 27.6 Å². The van der Waals surface area contributed by atoms with Crippen LogP contribution in [0.4, 0.5) is 0 Å². The minimum absolute atomic E-state index is 0.165. The number of carbonyl (C=O) groups is 1. The maximum Gasteiger partial charge on any atom is 0.305 e. The molecule has 2 rings (SSSR count). The van der Waals surface area contributed by atoms with E-state index in [-0.39, 0.29) is 10.9 Å². The Bertz CT molecular complexity index is 833. The first kappa shape index (κ1) is 21.4. The molecule has 0 amide bonds. The van der Waals surface area contributed by atoms with Crippen molar-refractivity contribution < 1.29 is 17.9 Å². The van der Waals surface area contributed by atoms with Crippen LogP contribution in [0.2, 0.25) is 5.02 Å².